The van der Waals surface area contributed by atoms with Crippen LogP contribution in [0, 0.1) is 5.92 Å². The SMILES string of the molecule is O=C(O)[C@@H]1CCCN(C(=O)/C=C\c2ccccc2)C1. The van der Waals surface area contributed by atoms with Gasteiger partial charge in [0.05, 0.1) is 5.92 Å². The summed E-state index contributed by atoms with van der Waals surface area (Å²) in [6.07, 6.45) is 4.68. The normalized spacial score (nSPS) is 19.6. The lowest BCUT2D eigenvalue weighted by atomic mass is 9.98. The second-order valence-corrected chi connectivity index (χ2v) is 4.71. The number of amides is 1. The van der Waals surface area contributed by atoms with Gasteiger partial charge in [0.15, 0.2) is 0 Å². The van der Waals surface area contributed by atoms with Gasteiger partial charge in [-0.05, 0) is 24.5 Å². The number of benzene rings is 1. The molecule has 1 fully saturated rings. The molecule has 100 valence electrons. The topological polar surface area (TPSA) is 57.6 Å². The van der Waals surface area contributed by atoms with Gasteiger partial charge in [0.2, 0.25) is 5.91 Å². The molecule has 0 aromatic heterocycles. The summed E-state index contributed by atoms with van der Waals surface area (Å²) in [5, 5.41) is 8.99. The van der Waals surface area contributed by atoms with Gasteiger partial charge in [0.1, 0.15) is 0 Å². The standard InChI is InChI=1S/C15H17NO3/c17-14(9-8-12-5-2-1-3-6-12)16-10-4-7-13(11-16)15(18)19/h1-3,5-6,8-9,13H,4,7,10-11H2,(H,18,19)/b9-8-/t13-/m1/s1. The van der Waals surface area contributed by atoms with Crippen LogP contribution in [0.4, 0.5) is 0 Å². The molecule has 1 aliphatic rings. The minimum absolute atomic E-state index is 0.116. The third kappa shape index (κ3) is 3.68. The number of likely N-dealkylation sites (tertiary alicyclic amines) is 1. The minimum Gasteiger partial charge on any atom is -0.481 e. The molecule has 0 saturated carbocycles. The zero-order valence-electron chi connectivity index (χ0n) is 10.7. The van der Waals surface area contributed by atoms with Gasteiger partial charge in [-0.1, -0.05) is 30.3 Å². The van der Waals surface area contributed by atoms with Crippen molar-refractivity contribution in [3.05, 3.63) is 42.0 Å². The van der Waals surface area contributed by atoms with Gasteiger partial charge in [-0.25, -0.2) is 0 Å². The van der Waals surface area contributed by atoms with Crippen molar-refractivity contribution in [1.82, 2.24) is 4.90 Å². The van der Waals surface area contributed by atoms with E-state index in [2.05, 4.69) is 0 Å². The highest BCUT2D eigenvalue weighted by atomic mass is 16.4. The fourth-order valence-electron chi connectivity index (χ4n) is 2.22. The Kier molecular flexibility index (Phi) is 4.34. The summed E-state index contributed by atoms with van der Waals surface area (Å²) in [5.74, 6) is -1.36. The predicted octanol–water partition coefficient (Wildman–Crippen LogP) is 2.02. The van der Waals surface area contributed by atoms with Crippen molar-refractivity contribution < 1.29 is 14.7 Å². The van der Waals surface area contributed by atoms with Crippen LogP contribution in [0.1, 0.15) is 18.4 Å². The Balaban J connectivity index is 1.96. The zero-order chi connectivity index (χ0) is 13.7. The zero-order valence-corrected chi connectivity index (χ0v) is 10.7. The van der Waals surface area contributed by atoms with E-state index in [9.17, 15) is 9.59 Å². The summed E-state index contributed by atoms with van der Waals surface area (Å²) >= 11 is 0. The highest BCUT2D eigenvalue weighted by molar-refractivity contribution is 5.92. The number of carboxylic acid groups (broad SMARTS) is 1. The van der Waals surface area contributed by atoms with Crippen LogP contribution in [0.3, 0.4) is 0 Å². The second-order valence-electron chi connectivity index (χ2n) is 4.71. The Labute approximate surface area is 112 Å². The van der Waals surface area contributed by atoms with E-state index in [4.69, 9.17) is 5.11 Å². The first kappa shape index (κ1) is 13.3. The van der Waals surface area contributed by atoms with Gasteiger partial charge in [0, 0.05) is 19.2 Å². The molecule has 4 heteroatoms. The summed E-state index contributed by atoms with van der Waals surface area (Å²) in [6.45, 7) is 0.953. The van der Waals surface area contributed by atoms with Gasteiger partial charge in [-0.2, -0.15) is 0 Å². The van der Waals surface area contributed by atoms with Crippen LogP contribution in [-0.4, -0.2) is 35.0 Å². The first-order valence-corrected chi connectivity index (χ1v) is 6.41. The molecular weight excluding hydrogens is 242 g/mol. The fourth-order valence-corrected chi connectivity index (χ4v) is 2.22. The molecule has 1 aliphatic heterocycles. The summed E-state index contributed by atoms with van der Waals surface area (Å²) < 4.78 is 0. The van der Waals surface area contributed by atoms with Crippen molar-refractivity contribution in [3.63, 3.8) is 0 Å². The maximum atomic E-state index is 12.0. The number of rotatable bonds is 3. The van der Waals surface area contributed by atoms with Crippen molar-refractivity contribution in [2.75, 3.05) is 13.1 Å². The van der Waals surface area contributed by atoms with Crippen molar-refractivity contribution in [1.29, 1.82) is 0 Å². The molecule has 1 saturated heterocycles. The summed E-state index contributed by atoms with van der Waals surface area (Å²) in [4.78, 5) is 24.5. The van der Waals surface area contributed by atoms with Crippen LogP contribution >= 0.6 is 0 Å². The Bertz CT molecular complexity index is 481. The molecule has 0 bridgehead atoms. The molecule has 0 spiro atoms. The highest BCUT2D eigenvalue weighted by Crippen LogP contribution is 2.17. The largest absolute Gasteiger partial charge is 0.481 e. The molecule has 1 amide bonds. The van der Waals surface area contributed by atoms with Crippen molar-refractivity contribution in [2.24, 2.45) is 5.92 Å². The van der Waals surface area contributed by atoms with E-state index in [0.717, 1.165) is 12.0 Å². The van der Waals surface area contributed by atoms with Crippen LogP contribution in [0.5, 0.6) is 0 Å². The first-order valence-electron chi connectivity index (χ1n) is 6.41. The quantitative estimate of drug-likeness (QED) is 0.845. The third-order valence-electron chi connectivity index (χ3n) is 3.30. The fraction of sp³-hybridized carbons (Fsp3) is 0.333. The van der Waals surface area contributed by atoms with Crippen LogP contribution < -0.4 is 0 Å². The van der Waals surface area contributed by atoms with E-state index < -0.39 is 11.9 Å². The van der Waals surface area contributed by atoms with Crippen LogP contribution in [0.2, 0.25) is 0 Å². The number of carbonyl (C=O) groups is 2. The van der Waals surface area contributed by atoms with E-state index in [-0.39, 0.29) is 5.91 Å². The number of carbonyl (C=O) groups excluding carboxylic acids is 1. The van der Waals surface area contributed by atoms with E-state index in [1.807, 2.05) is 30.3 Å². The van der Waals surface area contributed by atoms with Crippen LogP contribution in [-0.2, 0) is 9.59 Å². The molecule has 19 heavy (non-hydrogen) atoms. The van der Waals surface area contributed by atoms with Gasteiger partial charge in [0.25, 0.3) is 0 Å². The Morgan fingerprint density at radius 3 is 2.68 bits per heavy atom. The van der Waals surface area contributed by atoms with E-state index in [1.165, 1.54) is 6.08 Å². The van der Waals surface area contributed by atoms with Gasteiger partial charge in [-0.15, -0.1) is 0 Å². The summed E-state index contributed by atoms with van der Waals surface area (Å²) in [7, 11) is 0. The average molecular weight is 259 g/mol. The molecule has 1 aromatic carbocycles. The van der Waals surface area contributed by atoms with Crippen molar-refractivity contribution >= 4 is 18.0 Å². The van der Waals surface area contributed by atoms with Crippen molar-refractivity contribution in [2.45, 2.75) is 12.8 Å². The molecule has 0 aliphatic carbocycles. The average Bonchev–Trinajstić information content (AvgIpc) is 2.46. The maximum Gasteiger partial charge on any atom is 0.308 e. The maximum absolute atomic E-state index is 12.0. The lowest BCUT2D eigenvalue weighted by molar-refractivity contribution is -0.144. The number of hydrogen-bond acceptors (Lipinski definition) is 2. The molecule has 0 unspecified atom stereocenters. The molecule has 1 heterocycles. The van der Waals surface area contributed by atoms with E-state index >= 15 is 0 Å². The van der Waals surface area contributed by atoms with E-state index in [0.29, 0.717) is 19.5 Å². The molecule has 1 N–H and O–H groups in total. The van der Waals surface area contributed by atoms with Gasteiger partial charge in [-0.3, -0.25) is 9.59 Å². The van der Waals surface area contributed by atoms with Crippen molar-refractivity contribution in [3.8, 4) is 0 Å². The molecule has 2 rings (SSSR count). The monoisotopic (exact) mass is 259 g/mol. The third-order valence-corrected chi connectivity index (χ3v) is 3.30. The summed E-state index contributed by atoms with van der Waals surface area (Å²) in [6, 6.07) is 9.57. The smallest absolute Gasteiger partial charge is 0.308 e. The first-order chi connectivity index (χ1) is 9.16. The molecule has 1 atom stereocenters. The highest BCUT2D eigenvalue weighted by Gasteiger charge is 2.26. The van der Waals surface area contributed by atoms with Gasteiger partial charge < -0.3 is 10.0 Å². The molecular formula is C15H17NO3. The minimum atomic E-state index is -0.815. The Morgan fingerprint density at radius 1 is 1.26 bits per heavy atom. The molecule has 4 nitrogen and oxygen atoms in total. The number of nitrogens with zero attached hydrogens (tertiary/aromatic N) is 1. The van der Waals surface area contributed by atoms with E-state index in [1.54, 1.807) is 11.0 Å². The number of aliphatic carboxylic acids is 1. The predicted molar refractivity (Wildman–Crippen MR) is 72.4 cm³/mol. The summed E-state index contributed by atoms with van der Waals surface area (Å²) in [5.41, 5.74) is 0.961. The number of carboxylic acids is 1. The second kappa shape index (κ2) is 6.18. The lowest BCUT2D eigenvalue weighted by Crippen LogP contribution is -2.41. The van der Waals surface area contributed by atoms with Gasteiger partial charge >= 0.3 is 5.97 Å². The Morgan fingerprint density at radius 2 is 2.00 bits per heavy atom. The van der Waals surface area contributed by atoms with Crippen LogP contribution in [0.25, 0.3) is 6.08 Å². The molecule has 0 radical (unpaired) electrons. The number of piperidine rings is 1. The lowest BCUT2D eigenvalue weighted by Gasteiger charge is -2.29. The molecule has 1 aromatic rings. The van der Waals surface area contributed by atoms with Crippen LogP contribution in [0.15, 0.2) is 36.4 Å². The number of hydrogen-bond donors (Lipinski definition) is 1. The Hall–Kier alpha value is -2.10.